The Hall–Kier alpha value is -2.32. The van der Waals surface area contributed by atoms with Gasteiger partial charge < -0.3 is 11.0 Å². The molecule has 2 heterocycles. The number of carbonyl (C=O) groups is 1. The number of carbonyl (C=O) groups excluding carboxylic acids is 1. The molecule has 0 spiro atoms. The zero-order valence-electron chi connectivity index (χ0n) is 9.79. The summed E-state index contributed by atoms with van der Waals surface area (Å²) in [6.07, 6.45) is 4.94. The van der Waals surface area contributed by atoms with Gasteiger partial charge in [0.15, 0.2) is 0 Å². The molecule has 0 fully saturated rings. The Morgan fingerprint density at radius 3 is 2.94 bits per heavy atom. The minimum absolute atomic E-state index is 0. The van der Waals surface area contributed by atoms with E-state index in [1.54, 1.807) is 18.6 Å². The van der Waals surface area contributed by atoms with Gasteiger partial charge in [0, 0.05) is 18.0 Å². The summed E-state index contributed by atoms with van der Waals surface area (Å²) in [6, 6.07) is 3.34. The first-order chi connectivity index (χ1) is 7.75. The largest absolute Gasteiger partial charge is 0.412 e. The third kappa shape index (κ3) is 3.92. The fourth-order valence-electron chi connectivity index (χ4n) is 1.21. The van der Waals surface area contributed by atoms with Crippen molar-refractivity contribution in [2.24, 2.45) is 10.2 Å². The SMILES string of the molecule is CC1=NNC(=O)N(/N=C/c2cccnc2)C1.O.O. The summed E-state index contributed by atoms with van der Waals surface area (Å²) in [5, 5.41) is 9.18. The molecule has 2 amide bonds. The van der Waals surface area contributed by atoms with E-state index in [4.69, 9.17) is 0 Å². The van der Waals surface area contributed by atoms with Crippen molar-refractivity contribution in [1.82, 2.24) is 15.4 Å². The molecule has 1 aromatic rings. The third-order valence-electron chi connectivity index (χ3n) is 1.99. The normalized spacial score (nSPS) is 14.4. The molecule has 1 aliphatic rings. The van der Waals surface area contributed by atoms with Crippen LogP contribution >= 0.6 is 0 Å². The van der Waals surface area contributed by atoms with Crippen LogP contribution in [0, 0.1) is 0 Å². The fourth-order valence-corrected chi connectivity index (χ4v) is 1.21. The van der Waals surface area contributed by atoms with E-state index in [9.17, 15) is 4.79 Å². The summed E-state index contributed by atoms with van der Waals surface area (Å²) in [4.78, 5) is 15.3. The number of amides is 2. The van der Waals surface area contributed by atoms with E-state index in [1.165, 1.54) is 5.01 Å². The summed E-state index contributed by atoms with van der Waals surface area (Å²) in [7, 11) is 0. The highest BCUT2D eigenvalue weighted by Gasteiger charge is 2.16. The monoisotopic (exact) mass is 253 g/mol. The molecule has 8 heteroatoms. The first-order valence-corrected chi connectivity index (χ1v) is 4.80. The van der Waals surface area contributed by atoms with Gasteiger partial charge in [-0.05, 0) is 13.0 Å². The lowest BCUT2D eigenvalue weighted by molar-refractivity contribution is 0.204. The predicted molar refractivity (Wildman–Crippen MR) is 67.4 cm³/mol. The Morgan fingerprint density at radius 1 is 1.50 bits per heavy atom. The average Bonchev–Trinajstić information content (AvgIpc) is 2.32. The second kappa shape index (κ2) is 7.09. The Morgan fingerprint density at radius 2 is 2.28 bits per heavy atom. The van der Waals surface area contributed by atoms with E-state index in [2.05, 4.69) is 20.6 Å². The van der Waals surface area contributed by atoms with Crippen molar-refractivity contribution in [3.05, 3.63) is 30.1 Å². The van der Waals surface area contributed by atoms with Crippen LogP contribution in [0.2, 0.25) is 0 Å². The summed E-state index contributed by atoms with van der Waals surface area (Å²) >= 11 is 0. The molecular formula is C10H15N5O3. The Labute approximate surface area is 104 Å². The number of pyridine rings is 1. The minimum Gasteiger partial charge on any atom is -0.412 e. The molecule has 0 aliphatic carbocycles. The van der Waals surface area contributed by atoms with E-state index in [0.717, 1.165) is 11.3 Å². The number of urea groups is 1. The molecule has 18 heavy (non-hydrogen) atoms. The zero-order valence-corrected chi connectivity index (χ0v) is 9.79. The van der Waals surface area contributed by atoms with Crippen molar-refractivity contribution >= 4 is 18.0 Å². The quantitative estimate of drug-likeness (QED) is 0.688. The van der Waals surface area contributed by atoms with Gasteiger partial charge >= 0.3 is 6.03 Å². The number of hydrazone groups is 2. The number of hydrogen-bond donors (Lipinski definition) is 1. The van der Waals surface area contributed by atoms with Crippen LogP contribution < -0.4 is 5.43 Å². The van der Waals surface area contributed by atoms with Gasteiger partial charge in [0.05, 0.1) is 18.5 Å². The molecule has 0 saturated heterocycles. The molecule has 0 saturated carbocycles. The Balaban J connectivity index is 0.00000144. The van der Waals surface area contributed by atoms with E-state index >= 15 is 0 Å². The van der Waals surface area contributed by atoms with Gasteiger partial charge in [0.1, 0.15) is 0 Å². The standard InChI is InChI=1S/C10H11N5O.2H2O/c1-8-7-15(10(16)14-13-8)12-6-9-3-2-4-11-5-9;;/h2-6H,7H2,1H3,(H,14,16);2*1H2/b12-6+;;. The molecule has 1 aliphatic heterocycles. The first-order valence-electron chi connectivity index (χ1n) is 4.80. The third-order valence-corrected chi connectivity index (χ3v) is 1.99. The smallest absolute Gasteiger partial charge is 0.358 e. The molecule has 0 aromatic carbocycles. The summed E-state index contributed by atoms with van der Waals surface area (Å²) < 4.78 is 0. The number of nitrogens with one attached hydrogen (secondary N) is 1. The summed E-state index contributed by atoms with van der Waals surface area (Å²) in [5.74, 6) is 0. The zero-order chi connectivity index (χ0) is 11.4. The van der Waals surface area contributed by atoms with Crippen molar-refractivity contribution in [2.75, 3.05) is 6.54 Å². The number of nitrogens with zero attached hydrogens (tertiary/aromatic N) is 4. The van der Waals surface area contributed by atoms with Crippen LogP contribution in [0.15, 0.2) is 34.7 Å². The lowest BCUT2D eigenvalue weighted by Gasteiger charge is -2.20. The highest BCUT2D eigenvalue weighted by molar-refractivity contribution is 5.92. The van der Waals surface area contributed by atoms with Crippen molar-refractivity contribution in [1.29, 1.82) is 0 Å². The molecular weight excluding hydrogens is 238 g/mol. The summed E-state index contributed by atoms with van der Waals surface area (Å²) in [5.41, 5.74) is 4.02. The molecule has 0 bridgehead atoms. The molecule has 2 rings (SSSR count). The average molecular weight is 253 g/mol. The van der Waals surface area contributed by atoms with Gasteiger partial charge in [0.25, 0.3) is 0 Å². The second-order valence-corrected chi connectivity index (χ2v) is 3.35. The highest BCUT2D eigenvalue weighted by atomic mass is 16.2. The van der Waals surface area contributed by atoms with Gasteiger partial charge in [-0.15, -0.1) is 0 Å². The van der Waals surface area contributed by atoms with Crippen LogP contribution in [0.5, 0.6) is 0 Å². The summed E-state index contributed by atoms with van der Waals surface area (Å²) in [6.45, 7) is 2.23. The Kier molecular flexibility index (Phi) is 6.18. The fraction of sp³-hybridized carbons (Fsp3) is 0.200. The number of rotatable bonds is 2. The maximum atomic E-state index is 11.3. The van der Waals surface area contributed by atoms with Crippen molar-refractivity contribution < 1.29 is 15.7 Å². The lowest BCUT2D eigenvalue weighted by Crippen LogP contribution is -2.42. The molecule has 8 nitrogen and oxygen atoms in total. The first kappa shape index (κ1) is 15.7. The lowest BCUT2D eigenvalue weighted by atomic mass is 10.3. The van der Waals surface area contributed by atoms with E-state index in [-0.39, 0.29) is 17.0 Å². The van der Waals surface area contributed by atoms with Crippen LogP contribution in [0.25, 0.3) is 0 Å². The molecule has 1 aromatic heterocycles. The highest BCUT2D eigenvalue weighted by Crippen LogP contribution is 1.99. The molecule has 0 atom stereocenters. The van der Waals surface area contributed by atoms with Gasteiger partial charge in [-0.25, -0.2) is 15.2 Å². The van der Waals surface area contributed by atoms with E-state index < -0.39 is 0 Å². The minimum atomic E-state index is -0.328. The topological polar surface area (TPSA) is 133 Å². The van der Waals surface area contributed by atoms with Crippen molar-refractivity contribution in [3.8, 4) is 0 Å². The van der Waals surface area contributed by atoms with Crippen LogP contribution in [0.4, 0.5) is 4.79 Å². The van der Waals surface area contributed by atoms with Crippen molar-refractivity contribution in [2.45, 2.75) is 6.92 Å². The van der Waals surface area contributed by atoms with Crippen LogP contribution in [0.3, 0.4) is 0 Å². The number of hydrogen-bond acceptors (Lipinski definition) is 4. The van der Waals surface area contributed by atoms with Crippen LogP contribution in [0.1, 0.15) is 12.5 Å². The van der Waals surface area contributed by atoms with Crippen molar-refractivity contribution in [3.63, 3.8) is 0 Å². The van der Waals surface area contributed by atoms with Crippen LogP contribution in [-0.2, 0) is 0 Å². The molecule has 0 radical (unpaired) electrons. The van der Waals surface area contributed by atoms with Gasteiger partial charge in [-0.3, -0.25) is 4.98 Å². The second-order valence-electron chi connectivity index (χ2n) is 3.35. The Bertz CT molecular complexity index is 446. The van der Waals surface area contributed by atoms with E-state index in [0.29, 0.717) is 6.54 Å². The number of aromatic nitrogens is 1. The maximum absolute atomic E-state index is 11.3. The van der Waals surface area contributed by atoms with Gasteiger partial charge in [-0.2, -0.15) is 10.2 Å². The van der Waals surface area contributed by atoms with Crippen LogP contribution in [-0.4, -0.2) is 45.4 Å². The maximum Gasteiger partial charge on any atom is 0.358 e. The van der Waals surface area contributed by atoms with Gasteiger partial charge in [-0.1, -0.05) is 6.07 Å². The molecule has 98 valence electrons. The van der Waals surface area contributed by atoms with Gasteiger partial charge in [0.2, 0.25) is 0 Å². The molecule has 0 unspecified atom stereocenters. The molecule has 5 N–H and O–H groups in total. The predicted octanol–water partition coefficient (Wildman–Crippen LogP) is -0.833. The van der Waals surface area contributed by atoms with E-state index in [1.807, 2.05) is 19.1 Å².